The normalized spacial score (nSPS) is 10.2. The highest BCUT2D eigenvalue weighted by Gasteiger charge is 2.02. The van der Waals surface area contributed by atoms with Gasteiger partial charge in [-0.15, -0.1) is 0 Å². The summed E-state index contributed by atoms with van der Waals surface area (Å²) >= 11 is 8.87. The Hall–Kier alpha value is -1.20. The lowest BCUT2D eigenvalue weighted by atomic mass is 10.3. The summed E-state index contributed by atoms with van der Waals surface area (Å²) in [5.41, 5.74) is 0.633. The van der Waals surface area contributed by atoms with Crippen LogP contribution in [0.4, 0.5) is 16.0 Å². The van der Waals surface area contributed by atoms with Crippen molar-refractivity contribution in [1.82, 2.24) is 9.97 Å². The van der Waals surface area contributed by atoms with Gasteiger partial charge in [0.15, 0.2) is 0 Å². The molecule has 0 aliphatic heterocycles. The van der Waals surface area contributed by atoms with E-state index >= 15 is 0 Å². The van der Waals surface area contributed by atoms with E-state index in [0.717, 1.165) is 4.47 Å². The van der Waals surface area contributed by atoms with Gasteiger partial charge in [-0.05, 0) is 34.1 Å². The summed E-state index contributed by atoms with van der Waals surface area (Å²) in [5, 5.41) is 2.96. The molecule has 1 aromatic heterocycles. The average molecular weight is 303 g/mol. The van der Waals surface area contributed by atoms with Gasteiger partial charge in [-0.3, -0.25) is 0 Å². The van der Waals surface area contributed by atoms with Crippen LogP contribution in [0.15, 0.2) is 35.1 Å². The van der Waals surface area contributed by atoms with E-state index in [1.807, 2.05) is 0 Å². The number of aromatic nitrogens is 2. The molecule has 0 fully saturated rings. The lowest BCUT2D eigenvalue weighted by Crippen LogP contribution is -1.96. The highest BCUT2D eigenvalue weighted by Crippen LogP contribution is 2.21. The first-order valence-corrected chi connectivity index (χ1v) is 5.52. The highest BCUT2D eigenvalue weighted by atomic mass is 79.9. The van der Waals surface area contributed by atoms with E-state index < -0.39 is 5.82 Å². The molecule has 0 saturated carbocycles. The summed E-state index contributed by atoms with van der Waals surface area (Å²) < 4.78 is 13.7. The van der Waals surface area contributed by atoms with Crippen molar-refractivity contribution in [2.75, 3.05) is 5.32 Å². The third-order valence-electron chi connectivity index (χ3n) is 1.80. The van der Waals surface area contributed by atoms with Crippen LogP contribution in [0.5, 0.6) is 0 Å². The van der Waals surface area contributed by atoms with Crippen molar-refractivity contribution in [2.24, 2.45) is 0 Å². The smallest absolute Gasteiger partial charge is 0.227 e. The van der Waals surface area contributed by atoms with Gasteiger partial charge in [-0.2, -0.15) is 0 Å². The molecule has 0 atom stereocenters. The fourth-order valence-electron chi connectivity index (χ4n) is 1.08. The average Bonchev–Trinajstić information content (AvgIpc) is 2.27. The first-order chi connectivity index (χ1) is 7.65. The minimum absolute atomic E-state index is 0.0575. The first kappa shape index (κ1) is 11.3. The van der Waals surface area contributed by atoms with Crippen LogP contribution in [0.3, 0.4) is 0 Å². The number of anilines is 2. The molecular formula is C10H6BrClFN3. The lowest BCUT2D eigenvalue weighted by molar-refractivity contribution is 0.628. The molecule has 1 heterocycles. The number of hydrogen-bond donors (Lipinski definition) is 1. The number of benzene rings is 1. The van der Waals surface area contributed by atoms with Crippen molar-refractivity contribution < 1.29 is 4.39 Å². The number of rotatable bonds is 2. The van der Waals surface area contributed by atoms with E-state index in [1.165, 1.54) is 12.1 Å². The van der Waals surface area contributed by atoms with Gasteiger partial charge in [0.05, 0.1) is 9.50 Å². The van der Waals surface area contributed by atoms with Crippen LogP contribution in [0.2, 0.25) is 5.02 Å². The first-order valence-electron chi connectivity index (χ1n) is 4.35. The monoisotopic (exact) mass is 301 g/mol. The molecule has 6 heteroatoms. The van der Waals surface area contributed by atoms with Gasteiger partial charge in [0.1, 0.15) is 5.82 Å². The van der Waals surface area contributed by atoms with Crippen LogP contribution in [0.25, 0.3) is 0 Å². The Bertz CT molecular complexity index is 504. The van der Waals surface area contributed by atoms with Gasteiger partial charge < -0.3 is 5.32 Å². The number of nitrogens with zero attached hydrogens (tertiary/aromatic N) is 2. The molecule has 0 saturated heterocycles. The Morgan fingerprint density at radius 1 is 1.25 bits per heavy atom. The molecule has 0 radical (unpaired) electrons. The Morgan fingerprint density at radius 2 is 1.94 bits per heavy atom. The molecule has 2 rings (SSSR count). The largest absolute Gasteiger partial charge is 0.324 e. The molecule has 0 aliphatic carbocycles. The summed E-state index contributed by atoms with van der Waals surface area (Å²) in [6, 6.07) is 4.32. The van der Waals surface area contributed by atoms with Crippen molar-refractivity contribution in [3.63, 3.8) is 0 Å². The molecule has 1 N–H and O–H groups in total. The van der Waals surface area contributed by atoms with Crippen molar-refractivity contribution in [3.8, 4) is 0 Å². The summed E-state index contributed by atoms with van der Waals surface area (Å²) in [7, 11) is 0. The second-order valence-corrected chi connectivity index (χ2v) is 4.30. The number of halogens is 3. The topological polar surface area (TPSA) is 37.8 Å². The Labute approximate surface area is 105 Å². The van der Waals surface area contributed by atoms with Gasteiger partial charge in [0.25, 0.3) is 0 Å². The van der Waals surface area contributed by atoms with Crippen molar-refractivity contribution in [1.29, 1.82) is 0 Å². The Balaban J connectivity index is 2.20. The number of nitrogens with one attached hydrogen (secondary N) is 1. The minimum Gasteiger partial charge on any atom is -0.324 e. The third-order valence-corrected chi connectivity index (χ3v) is 2.50. The summed E-state index contributed by atoms with van der Waals surface area (Å²) in [6.07, 6.45) is 3.22. The molecular weight excluding hydrogens is 296 g/mol. The van der Waals surface area contributed by atoms with Gasteiger partial charge in [-0.25, -0.2) is 14.4 Å². The van der Waals surface area contributed by atoms with Gasteiger partial charge in [0, 0.05) is 18.1 Å². The molecule has 0 bridgehead atoms. The molecule has 3 nitrogen and oxygen atoms in total. The van der Waals surface area contributed by atoms with Crippen LogP contribution in [-0.4, -0.2) is 9.97 Å². The Kier molecular flexibility index (Phi) is 3.36. The summed E-state index contributed by atoms with van der Waals surface area (Å²) in [5.74, 6) is -0.0326. The Morgan fingerprint density at radius 3 is 2.56 bits per heavy atom. The van der Waals surface area contributed by atoms with Crippen LogP contribution in [0, 0.1) is 5.82 Å². The van der Waals surface area contributed by atoms with E-state index in [-0.39, 0.29) is 5.02 Å². The van der Waals surface area contributed by atoms with Crippen molar-refractivity contribution >= 4 is 39.2 Å². The maximum atomic E-state index is 12.9. The van der Waals surface area contributed by atoms with Crippen molar-refractivity contribution in [2.45, 2.75) is 0 Å². The van der Waals surface area contributed by atoms with Crippen molar-refractivity contribution in [3.05, 3.63) is 45.9 Å². The fourth-order valence-corrected chi connectivity index (χ4v) is 1.47. The molecule has 0 spiro atoms. The predicted octanol–water partition coefficient (Wildman–Crippen LogP) is 3.78. The van der Waals surface area contributed by atoms with Crippen LogP contribution >= 0.6 is 27.5 Å². The van der Waals surface area contributed by atoms with E-state index in [2.05, 4.69) is 31.2 Å². The zero-order chi connectivity index (χ0) is 11.5. The fraction of sp³-hybridized carbons (Fsp3) is 0. The second-order valence-electron chi connectivity index (χ2n) is 2.98. The maximum Gasteiger partial charge on any atom is 0.227 e. The van der Waals surface area contributed by atoms with Crippen LogP contribution in [0.1, 0.15) is 0 Å². The zero-order valence-corrected chi connectivity index (χ0v) is 10.3. The van der Waals surface area contributed by atoms with E-state index in [9.17, 15) is 4.39 Å². The molecule has 1 aromatic carbocycles. The molecule has 2 aromatic rings. The van der Waals surface area contributed by atoms with E-state index in [4.69, 9.17) is 11.6 Å². The van der Waals surface area contributed by atoms with E-state index in [0.29, 0.717) is 11.6 Å². The summed E-state index contributed by atoms with van der Waals surface area (Å²) in [6.45, 7) is 0. The molecule has 16 heavy (non-hydrogen) atoms. The zero-order valence-electron chi connectivity index (χ0n) is 7.92. The molecule has 0 aliphatic rings. The van der Waals surface area contributed by atoms with Crippen LogP contribution in [-0.2, 0) is 0 Å². The lowest BCUT2D eigenvalue weighted by Gasteiger charge is -2.04. The third kappa shape index (κ3) is 2.68. The predicted molar refractivity (Wildman–Crippen MR) is 64.4 cm³/mol. The standard InChI is InChI=1S/C10H6BrClFN3/c11-6-4-14-10(15-5-6)16-7-1-2-9(13)8(12)3-7/h1-5H,(H,14,15,16). The minimum atomic E-state index is -0.455. The van der Waals surface area contributed by atoms with Crippen LogP contribution < -0.4 is 5.32 Å². The van der Waals surface area contributed by atoms with Gasteiger partial charge in [0.2, 0.25) is 5.95 Å². The van der Waals surface area contributed by atoms with Gasteiger partial charge >= 0.3 is 0 Å². The summed E-state index contributed by atoms with van der Waals surface area (Å²) in [4.78, 5) is 8.04. The molecule has 0 unspecified atom stereocenters. The second kappa shape index (κ2) is 4.76. The maximum absolute atomic E-state index is 12.9. The number of hydrogen-bond acceptors (Lipinski definition) is 3. The molecule has 0 amide bonds. The highest BCUT2D eigenvalue weighted by molar-refractivity contribution is 9.10. The SMILES string of the molecule is Fc1ccc(Nc2ncc(Br)cn2)cc1Cl. The quantitative estimate of drug-likeness (QED) is 0.917. The molecule has 82 valence electrons. The van der Waals surface area contributed by atoms with E-state index in [1.54, 1.807) is 18.5 Å². The van der Waals surface area contributed by atoms with Gasteiger partial charge in [-0.1, -0.05) is 11.6 Å².